The van der Waals surface area contributed by atoms with Gasteiger partial charge in [0.15, 0.2) is 0 Å². The number of carbonyl (C=O) groups is 3. The van der Waals surface area contributed by atoms with Gasteiger partial charge in [0.05, 0.1) is 17.7 Å². The van der Waals surface area contributed by atoms with Gasteiger partial charge in [0.25, 0.3) is 5.91 Å². The Bertz CT molecular complexity index is 846. The first-order valence-corrected chi connectivity index (χ1v) is 7.87. The lowest BCUT2D eigenvalue weighted by Crippen LogP contribution is -2.16. The van der Waals surface area contributed by atoms with Gasteiger partial charge >= 0.3 is 5.97 Å². The fourth-order valence-electron chi connectivity index (χ4n) is 1.91. The van der Waals surface area contributed by atoms with Crippen LogP contribution >= 0.6 is 11.6 Å². The third kappa shape index (κ3) is 5.42. The molecule has 0 saturated heterocycles. The Hall–Kier alpha value is -3.19. The maximum atomic E-state index is 12.1. The van der Waals surface area contributed by atoms with E-state index < -0.39 is 17.8 Å². The highest BCUT2D eigenvalue weighted by Crippen LogP contribution is 2.12. The van der Waals surface area contributed by atoms with Crippen molar-refractivity contribution in [2.24, 2.45) is 0 Å². The molecule has 2 N–H and O–H groups in total. The van der Waals surface area contributed by atoms with E-state index in [0.717, 1.165) is 6.08 Å². The normalized spacial score (nSPS) is 10.8. The number of aromatic nitrogens is 1. The lowest BCUT2D eigenvalue weighted by Gasteiger charge is -2.07. The molecular formula is C18H16ClN3O4. The molecule has 0 unspecified atom stereocenters. The standard InChI is InChI=1S/C18H16ClN3O4/c1-11(9-16(23)22-15-8-5-13(19)10-20-15)17(24)21-14-6-3-12(4-7-14)18(25)26-2/h3-10H,1-2H3,(H,21,24)(H,20,22,23)/b11-9+. The van der Waals surface area contributed by atoms with Crippen molar-refractivity contribution >= 4 is 40.9 Å². The van der Waals surface area contributed by atoms with E-state index in [1.165, 1.54) is 32.4 Å². The first-order chi connectivity index (χ1) is 12.4. The Morgan fingerprint density at radius 2 is 1.77 bits per heavy atom. The molecule has 0 aliphatic rings. The smallest absolute Gasteiger partial charge is 0.337 e. The summed E-state index contributed by atoms with van der Waals surface area (Å²) in [5, 5.41) is 5.61. The van der Waals surface area contributed by atoms with Gasteiger partial charge in [-0.3, -0.25) is 9.59 Å². The minimum absolute atomic E-state index is 0.202. The van der Waals surface area contributed by atoms with E-state index >= 15 is 0 Å². The minimum Gasteiger partial charge on any atom is -0.465 e. The van der Waals surface area contributed by atoms with Crippen molar-refractivity contribution in [3.05, 3.63) is 64.8 Å². The molecular weight excluding hydrogens is 358 g/mol. The van der Waals surface area contributed by atoms with Crippen LogP contribution in [0.15, 0.2) is 54.2 Å². The van der Waals surface area contributed by atoms with Crippen molar-refractivity contribution in [3.8, 4) is 0 Å². The second-order valence-electron chi connectivity index (χ2n) is 5.20. The van der Waals surface area contributed by atoms with Gasteiger partial charge in [0.2, 0.25) is 5.91 Å². The van der Waals surface area contributed by atoms with Gasteiger partial charge in [0.1, 0.15) is 5.82 Å². The van der Waals surface area contributed by atoms with E-state index in [1.54, 1.807) is 24.3 Å². The molecule has 1 aromatic heterocycles. The molecule has 0 radical (unpaired) electrons. The van der Waals surface area contributed by atoms with Gasteiger partial charge in [-0.05, 0) is 43.3 Å². The molecule has 0 saturated carbocycles. The van der Waals surface area contributed by atoms with Crippen molar-refractivity contribution < 1.29 is 19.1 Å². The zero-order valence-corrected chi connectivity index (χ0v) is 14.8. The summed E-state index contributed by atoms with van der Waals surface area (Å²) in [5.41, 5.74) is 1.05. The van der Waals surface area contributed by atoms with Crippen molar-refractivity contribution in [2.45, 2.75) is 6.92 Å². The third-order valence-corrected chi connectivity index (χ3v) is 3.47. The number of pyridine rings is 1. The van der Waals surface area contributed by atoms with Crippen molar-refractivity contribution in [2.75, 3.05) is 17.7 Å². The molecule has 26 heavy (non-hydrogen) atoms. The number of methoxy groups -OCH3 is 1. The molecule has 0 aliphatic heterocycles. The highest BCUT2D eigenvalue weighted by molar-refractivity contribution is 6.30. The Labute approximate surface area is 155 Å². The molecule has 1 heterocycles. The van der Waals surface area contributed by atoms with Crippen molar-refractivity contribution in [3.63, 3.8) is 0 Å². The van der Waals surface area contributed by atoms with Crippen molar-refractivity contribution in [1.82, 2.24) is 4.98 Å². The first-order valence-electron chi connectivity index (χ1n) is 7.49. The molecule has 8 heteroatoms. The number of benzene rings is 1. The summed E-state index contributed by atoms with van der Waals surface area (Å²) in [4.78, 5) is 39.4. The largest absolute Gasteiger partial charge is 0.465 e. The van der Waals surface area contributed by atoms with Gasteiger partial charge in [0, 0.05) is 23.5 Å². The average molecular weight is 374 g/mol. The SMILES string of the molecule is COC(=O)c1ccc(NC(=O)/C(C)=C/C(=O)Nc2ccc(Cl)cn2)cc1. The molecule has 7 nitrogen and oxygen atoms in total. The molecule has 2 aromatic rings. The number of amides is 2. The van der Waals surface area contributed by atoms with Gasteiger partial charge in [-0.25, -0.2) is 9.78 Å². The summed E-state index contributed by atoms with van der Waals surface area (Å²) < 4.78 is 4.60. The van der Waals surface area contributed by atoms with Crippen LogP contribution in [-0.2, 0) is 14.3 Å². The molecule has 0 atom stereocenters. The third-order valence-electron chi connectivity index (χ3n) is 3.25. The predicted octanol–water partition coefficient (Wildman–Crippen LogP) is 3.05. The zero-order valence-electron chi connectivity index (χ0n) is 14.1. The molecule has 0 aliphatic carbocycles. The van der Waals surface area contributed by atoms with Crippen LogP contribution in [0.3, 0.4) is 0 Å². The molecule has 0 spiro atoms. The number of hydrogen-bond donors (Lipinski definition) is 2. The van der Waals surface area contributed by atoms with Gasteiger partial charge in [-0.15, -0.1) is 0 Å². The topological polar surface area (TPSA) is 97.4 Å². The number of hydrogen-bond acceptors (Lipinski definition) is 5. The Kier molecular flexibility index (Phi) is 6.46. The van der Waals surface area contributed by atoms with Crippen LogP contribution in [-0.4, -0.2) is 29.9 Å². The summed E-state index contributed by atoms with van der Waals surface area (Å²) >= 11 is 5.72. The number of ether oxygens (including phenoxy) is 1. The first kappa shape index (κ1) is 19.1. The lowest BCUT2D eigenvalue weighted by atomic mass is 10.2. The van der Waals surface area contributed by atoms with Crippen LogP contribution in [0.5, 0.6) is 0 Å². The number of nitrogens with one attached hydrogen (secondary N) is 2. The maximum absolute atomic E-state index is 12.1. The summed E-state index contributed by atoms with van der Waals surface area (Å²) in [6, 6.07) is 9.32. The second-order valence-corrected chi connectivity index (χ2v) is 5.64. The summed E-state index contributed by atoms with van der Waals surface area (Å²) in [6.45, 7) is 1.51. The number of carbonyl (C=O) groups excluding carboxylic acids is 3. The van der Waals surface area contributed by atoms with E-state index in [0.29, 0.717) is 22.1 Å². The van der Waals surface area contributed by atoms with Crippen LogP contribution in [0.25, 0.3) is 0 Å². The fraction of sp³-hybridized carbons (Fsp3) is 0.111. The maximum Gasteiger partial charge on any atom is 0.337 e. The number of nitrogens with zero attached hydrogens (tertiary/aromatic N) is 1. The molecule has 0 fully saturated rings. The Morgan fingerprint density at radius 1 is 1.08 bits per heavy atom. The van der Waals surface area contributed by atoms with Crippen LogP contribution in [0.2, 0.25) is 5.02 Å². The van der Waals surface area contributed by atoms with E-state index in [9.17, 15) is 14.4 Å². The van der Waals surface area contributed by atoms with Crippen LogP contribution in [0.1, 0.15) is 17.3 Å². The highest BCUT2D eigenvalue weighted by atomic mass is 35.5. The number of halogens is 1. The van der Waals surface area contributed by atoms with Crippen LogP contribution in [0, 0.1) is 0 Å². The fourth-order valence-corrected chi connectivity index (χ4v) is 2.02. The van der Waals surface area contributed by atoms with Gasteiger partial charge in [-0.2, -0.15) is 0 Å². The van der Waals surface area contributed by atoms with Crippen LogP contribution < -0.4 is 10.6 Å². The molecule has 2 rings (SSSR count). The van der Waals surface area contributed by atoms with E-state index in [1.807, 2.05) is 0 Å². The van der Waals surface area contributed by atoms with Crippen LogP contribution in [0.4, 0.5) is 11.5 Å². The average Bonchev–Trinajstić information content (AvgIpc) is 2.63. The van der Waals surface area contributed by atoms with Crippen molar-refractivity contribution in [1.29, 1.82) is 0 Å². The number of rotatable bonds is 5. The zero-order chi connectivity index (χ0) is 19.1. The number of anilines is 2. The summed E-state index contributed by atoms with van der Waals surface area (Å²) in [6.07, 6.45) is 2.56. The van der Waals surface area contributed by atoms with E-state index in [-0.39, 0.29) is 5.57 Å². The summed E-state index contributed by atoms with van der Waals surface area (Å²) in [7, 11) is 1.29. The highest BCUT2D eigenvalue weighted by Gasteiger charge is 2.09. The molecule has 2 amide bonds. The van der Waals surface area contributed by atoms with Gasteiger partial charge in [-0.1, -0.05) is 11.6 Å². The molecule has 1 aromatic carbocycles. The Balaban J connectivity index is 1.97. The second kappa shape index (κ2) is 8.77. The quantitative estimate of drug-likeness (QED) is 0.620. The monoisotopic (exact) mass is 373 g/mol. The lowest BCUT2D eigenvalue weighted by molar-refractivity contribution is -0.114. The van der Waals surface area contributed by atoms with E-state index in [4.69, 9.17) is 11.6 Å². The number of esters is 1. The van der Waals surface area contributed by atoms with Gasteiger partial charge < -0.3 is 15.4 Å². The molecule has 134 valence electrons. The summed E-state index contributed by atoms with van der Waals surface area (Å²) in [5.74, 6) is -1.09. The molecule has 0 bridgehead atoms. The van der Waals surface area contributed by atoms with E-state index in [2.05, 4.69) is 20.4 Å². The minimum atomic E-state index is -0.492. The Morgan fingerprint density at radius 3 is 2.35 bits per heavy atom. The predicted molar refractivity (Wildman–Crippen MR) is 98.0 cm³/mol.